The Balaban J connectivity index is 1.49. The molecule has 8 heteroatoms. The Labute approximate surface area is 234 Å². The van der Waals surface area contributed by atoms with Crippen LogP contribution in [0, 0.1) is 0 Å². The van der Waals surface area contributed by atoms with E-state index in [-0.39, 0.29) is 18.4 Å². The SMILES string of the molecule is CCCN(C(=O)N[C@@H](CSCc1ccccc1)C(=O)N1CCOCC1)C(=O)c1cccc(-c2ccccc2)c1. The largest absolute Gasteiger partial charge is 0.378 e. The number of nitrogens with zero attached hydrogens (tertiary/aromatic N) is 2. The van der Waals surface area contributed by atoms with Crippen molar-refractivity contribution in [2.24, 2.45) is 0 Å². The van der Waals surface area contributed by atoms with Gasteiger partial charge in [-0.3, -0.25) is 14.5 Å². The van der Waals surface area contributed by atoms with Crippen LogP contribution in [0.4, 0.5) is 4.79 Å². The number of carbonyl (C=O) groups is 3. The van der Waals surface area contributed by atoms with E-state index in [1.807, 2.05) is 79.7 Å². The fourth-order valence-corrected chi connectivity index (χ4v) is 5.42. The second-order valence-corrected chi connectivity index (χ2v) is 10.4. The first-order valence-corrected chi connectivity index (χ1v) is 14.5. The van der Waals surface area contributed by atoms with Gasteiger partial charge in [0.25, 0.3) is 5.91 Å². The highest BCUT2D eigenvalue weighted by atomic mass is 32.2. The van der Waals surface area contributed by atoms with Crippen molar-refractivity contribution in [1.82, 2.24) is 15.1 Å². The molecule has 1 heterocycles. The second kappa shape index (κ2) is 14.5. The van der Waals surface area contributed by atoms with Crippen LogP contribution in [-0.2, 0) is 15.3 Å². The lowest BCUT2D eigenvalue weighted by Crippen LogP contribution is -2.56. The molecule has 204 valence electrons. The molecule has 4 rings (SSSR count). The Kier molecular flexibility index (Phi) is 10.6. The van der Waals surface area contributed by atoms with Crippen LogP contribution in [0.15, 0.2) is 84.9 Å². The first kappa shape index (κ1) is 28.4. The number of rotatable bonds is 10. The van der Waals surface area contributed by atoms with Crippen LogP contribution in [0.1, 0.15) is 29.3 Å². The first-order valence-electron chi connectivity index (χ1n) is 13.3. The van der Waals surface area contributed by atoms with E-state index in [0.29, 0.717) is 49.8 Å². The number of thioether (sulfide) groups is 1. The molecule has 0 aromatic heterocycles. The summed E-state index contributed by atoms with van der Waals surface area (Å²) in [4.78, 5) is 43.5. The van der Waals surface area contributed by atoms with Gasteiger partial charge in [-0.1, -0.05) is 79.7 Å². The Morgan fingerprint density at radius 2 is 1.59 bits per heavy atom. The number of nitrogens with one attached hydrogen (secondary N) is 1. The van der Waals surface area contributed by atoms with Crippen molar-refractivity contribution in [1.29, 1.82) is 0 Å². The minimum atomic E-state index is -0.757. The van der Waals surface area contributed by atoms with Crippen LogP contribution in [0.25, 0.3) is 11.1 Å². The van der Waals surface area contributed by atoms with Gasteiger partial charge in [-0.2, -0.15) is 11.8 Å². The molecule has 7 nitrogen and oxygen atoms in total. The number of benzene rings is 3. The van der Waals surface area contributed by atoms with Crippen LogP contribution >= 0.6 is 11.8 Å². The van der Waals surface area contributed by atoms with Crippen LogP contribution in [-0.4, -0.2) is 72.3 Å². The molecule has 39 heavy (non-hydrogen) atoms. The Morgan fingerprint density at radius 3 is 2.28 bits per heavy atom. The number of amides is 4. The molecule has 0 spiro atoms. The maximum absolute atomic E-state index is 13.6. The summed E-state index contributed by atoms with van der Waals surface area (Å²) in [5.41, 5.74) is 3.46. The summed E-state index contributed by atoms with van der Waals surface area (Å²) in [6, 6.07) is 25.8. The highest BCUT2D eigenvalue weighted by Gasteiger charge is 2.31. The fourth-order valence-electron chi connectivity index (χ4n) is 4.41. The Morgan fingerprint density at radius 1 is 0.923 bits per heavy atom. The van der Waals surface area contributed by atoms with Crippen LogP contribution < -0.4 is 5.32 Å². The Hall–Kier alpha value is -3.62. The number of hydrogen-bond donors (Lipinski definition) is 1. The molecule has 1 fully saturated rings. The molecule has 1 aliphatic rings. The molecule has 4 amide bonds. The maximum atomic E-state index is 13.6. The average molecular weight is 546 g/mol. The second-order valence-electron chi connectivity index (χ2n) is 9.34. The van der Waals surface area contributed by atoms with E-state index >= 15 is 0 Å². The van der Waals surface area contributed by atoms with Gasteiger partial charge in [-0.25, -0.2) is 4.79 Å². The molecule has 0 unspecified atom stereocenters. The summed E-state index contributed by atoms with van der Waals surface area (Å²) in [6.07, 6.45) is 0.600. The fraction of sp³-hybridized carbons (Fsp3) is 0.323. The number of imide groups is 1. The lowest BCUT2D eigenvalue weighted by Gasteiger charge is -2.31. The van der Waals surface area contributed by atoms with Gasteiger partial charge in [0.05, 0.1) is 13.2 Å². The maximum Gasteiger partial charge on any atom is 0.325 e. The minimum absolute atomic E-state index is 0.151. The summed E-state index contributed by atoms with van der Waals surface area (Å²) in [7, 11) is 0. The summed E-state index contributed by atoms with van der Waals surface area (Å²) < 4.78 is 5.40. The topological polar surface area (TPSA) is 79.0 Å². The summed E-state index contributed by atoms with van der Waals surface area (Å²) in [6.45, 7) is 4.08. The van der Waals surface area contributed by atoms with E-state index < -0.39 is 12.1 Å². The highest BCUT2D eigenvalue weighted by Crippen LogP contribution is 2.21. The third-order valence-corrected chi connectivity index (χ3v) is 7.58. The molecule has 0 bridgehead atoms. The molecule has 1 atom stereocenters. The van der Waals surface area contributed by atoms with E-state index in [1.54, 1.807) is 28.8 Å². The van der Waals surface area contributed by atoms with Crippen molar-refractivity contribution < 1.29 is 19.1 Å². The summed E-state index contributed by atoms with van der Waals surface area (Å²) >= 11 is 1.58. The summed E-state index contributed by atoms with van der Waals surface area (Å²) in [5.74, 6) is 0.575. The molecule has 1 saturated heterocycles. The number of urea groups is 1. The summed E-state index contributed by atoms with van der Waals surface area (Å²) in [5, 5.41) is 2.90. The van der Waals surface area contributed by atoms with Gasteiger partial charge in [-0.05, 0) is 35.2 Å². The molecule has 3 aromatic rings. The van der Waals surface area contributed by atoms with Gasteiger partial charge in [0.2, 0.25) is 5.91 Å². The van der Waals surface area contributed by atoms with Crippen molar-refractivity contribution in [2.45, 2.75) is 25.1 Å². The van der Waals surface area contributed by atoms with Gasteiger partial charge in [0.1, 0.15) is 6.04 Å². The van der Waals surface area contributed by atoms with Gasteiger partial charge < -0.3 is 15.0 Å². The number of hydrogen-bond acceptors (Lipinski definition) is 5. The normalized spacial score (nSPS) is 13.9. The molecular weight excluding hydrogens is 510 g/mol. The van der Waals surface area contributed by atoms with Crippen molar-refractivity contribution in [3.63, 3.8) is 0 Å². The predicted octanol–water partition coefficient (Wildman–Crippen LogP) is 5.08. The molecule has 0 saturated carbocycles. The Bertz CT molecular complexity index is 1230. The lowest BCUT2D eigenvalue weighted by molar-refractivity contribution is -0.136. The predicted molar refractivity (Wildman–Crippen MR) is 156 cm³/mol. The molecule has 1 aliphatic heterocycles. The van der Waals surface area contributed by atoms with Crippen molar-refractivity contribution in [2.75, 3.05) is 38.6 Å². The van der Waals surface area contributed by atoms with Gasteiger partial charge in [0, 0.05) is 36.7 Å². The van der Waals surface area contributed by atoms with Crippen molar-refractivity contribution >= 4 is 29.6 Å². The van der Waals surface area contributed by atoms with Crippen molar-refractivity contribution in [3.8, 4) is 11.1 Å². The lowest BCUT2D eigenvalue weighted by atomic mass is 10.0. The van der Waals surface area contributed by atoms with Crippen LogP contribution in [0.5, 0.6) is 0 Å². The zero-order valence-electron chi connectivity index (χ0n) is 22.3. The average Bonchev–Trinajstić information content (AvgIpc) is 3.00. The van der Waals surface area contributed by atoms with E-state index in [9.17, 15) is 14.4 Å². The van der Waals surface area contributed by atoms with E-state index in [2.05, 4.69) is 5.32 Å². The minimum Gasteiger partial charge on any atom is -0.378 e. The molecular formula is C31H35N3O4S. The molecule has 0 aliphatic carbocycles. The zero-order valence-corrected chi connectivity index (χ0v) is 23.1. The standard InChI is InChI=1S/C31H35N3O4S/c1-2-16-34(29(35)27-15-9-14-26(21-27)25-12-7-4-8-13-25)31(37)32-28(30(36)33-17-19-38-20-18-33)23-39-22-24-10-5-3-6-11-24/h3-15,21,28H,2,16-20,22-23H2,1H3,(H,32,37)/t28-/m0/s1. The van der Waals surface area contributed by atoms with Gasteiger partial charge in [0.15, 0.2) is 0 Å². The van der Waals surface area contributed by atoms with Crippen LogP contribution in [0.2, 0.25) is 0 Å². The molecule has 1 N–H and O–H groups in total. The third kappa shape index (κ3) is 7.94. The van der Waals surface area contributed by atoms with Crippen LogP contribution in [0.3, 0.4) is 0 Å². The first-order chi connectivity index (χ1) is 19.1. The monoisotopic (exact) mass is 545 g/mol. The van der Waals surface area contributed by atoms with Gasteiger partial charge in [-0.15, -0.1) is 0 Å². The van der Waals surface area contributed by atoms with Gasteiger partial charge >= 0.3 is 6.03 Å². The number of morpholine rings is 1. The van der Waals surface area contributed by atoms with E-state index in [0.717, 1.165) is 16.7 Å². The number of ether oxygens (including phenoxy) is 1. The molecule has 3 aromatic carbocycles. The number of carbonyl (C=O) groups excluding carboxylic acids is 3. The third-order valence-electron chi connectivity index (χ3n) is 6.47. The smallest absolute Gasteiger partial charge is 0.325 e. The zero-order chi connectivity index (χ0) is 27.5. The molecule has 0 radical (unpaired) electrons. The van der Waals surface area contributed by atoms with E-state index in [1.165, 1.54) is 4.90 Å². The highest BCUT2D eigenvalue weighted by molar-refractivity contribution is 7.98. The quantitative estimate of drug-likeness (QED) is 0.385. The van der Waals surface area contributed by atoms with E-state index in [4.69, 9.17) is 4.74 Å². The van der Waals surface area contributed by atoms with Crippen molar-refractivity contribution in [3.05, 3.63) is 96.1 Å².